The van der Waals surface area contributed by atoms with Crippen LogP contribution in [0.1, 0.15) is 38.8 Å². The molecular weight excluding hydrogens is 330 g/mol. The van der Waals surface area contributed by atoms with E-state index in [4.69, 9.17) is 4.74 Å². The Morgan fingerprint density at radius 2 is 1.80 bits per heavy atom. The van der Waals surface area contributed by atoms with Crippen LogP contribution in [0.5, 0.6) is 11.5 Å². The number of aromatic hydroxyl groups is 2. The Balaban J connectivity index is 2.77. The van der Waals surface area contributed by atoms with Gasteiger partial charge < -0.3 is 14.9 Å². The first kappa shape index (κ1) is 17.9. The smallest absolute Gasteiger partial charge is 0.339 e. The van der Waals surface area contributed by atoms with Gasteiger partial charge in [0.2, 0.25) is 11.5 Å². The molecule has 0 aromatic heterocycles. The maximum Gasteiger partial charge on any atom is 0.339 e. The number of esters is 1. The van der Waals surface area contributed by atoms with Gasteiger partial charge in [0, 0.05) is 5.56 Å². The van der Waals surface area contributed by atoms with E-state index in [1.165, 1.54) is 19.1 Å². The minimum absolute atomic E-state index is 0.0353. The van der Waals surface area contributed by atoms with Gasteiger partial charge in [0.25, 0.3) is 0 Å². The summed E-state index contributed by atoms with van der Waals surface area (Å²) in [6, 6.07) is 6.93. The molecule has 0 bridgehead atoms. The van der Waals surface area contributed by atoms with Gasteiger partial charge in [-0.05, 0) is 19.9 Å². The lowest BCUT2D eigenvalue weighted by Crippen LogP contribution is -2.15. The van der Waals surface area contributed by atoms with E-state index in [2.05, 4.69) is 0 Å². The summed E-state index contributed by atoms with van der Waals surface area (Å²) in [5.74, 6) is -3.84. The van der Waals surface area contributed by atoms with Gasteiger partial charge in [-0.25, -0.2) is 4.79 Å². The third-order valence-electron chi connectivity index (χ3n) is 3.47. The second kappa shape index (κ2) is 7.00. The zero-order chi connectivity index (χ0) is 18.7. The van der Waals surface area contributed by atoms with Crippen molar-refractivity contribution >= 4 is 17.4 Å². The largest absolute Gasteiger partial charge is 0.504 e. The molecule has 2 rings (SSSR count). The summed E-state index contributed by atoms with van der Waals surface area (Å²) in [6.45, 7) is 3.29. The minimum atomic E-state index is -1.09. The fraction of sp³-hybridized carbons (Fsp3) is 0.176. The molecule has 0 unspecified atom stereocenters. The number of nitro groups is 1. The van der Waals surface area contributed by atoms with E-state index in [-0.39, 0.29) is 12.2 Å². The lowest BCUT2D eigenvalue weighted by Gasteiger charge is -2.11. The van der Waals surface area contributed by atoms with Crippen molar-refractivity contribution in [2.24, 2.45) is 0 Å². The van der Waals surface area contributed by atoms with Crippen molar-refractivity contribution in [2.45, 2.75) is 13.8 Å². The van der Waals surface area contributed by atoms with E-state index in [0.29, 0.717) is 0 Å². The molecule has 0 amide bonds. The van der Waals surface area contributed by atoms with E-state index < -0.39 is 45.0 Å². The van der Waals surface area contributed by atoms with Gasteiger partial charge in [0.05, 0.1) is 17.1 Å². The first-order chi connectivity index (χ1) is 11.8. The lowest BCUT2D eigenvalue weighted by molar-refractivity contribution is -0.386. The predicted octanol–water partition coefficient (Wildman–Crippen LogP) is 2.72. The number of aryl methyl sites for hydroxylation is 1. The van der Waals surface area contributed by atoms with E-state index in [1.54, 1.807) is 19.1 Å². The fourth-order valence-electron chi connectivity index (χ4n) is 2.27. The molecule has 25 heavy (non-hydrogen) atoms. The zero-order valence-electron chi connectivity index (χ0n) is 13.5. The number of phenolic OH excluding ortho intramolecular Hbond substituents is 2. The van der Waals surface area contributed by atoms with Crippen LogP contribution in [0.2, 0.25) is 0 Å². The molecule has 2 aromatic rings. The Morgan fingerprint density at radius 3 is 2.32 bits per heavy atom. The van der Waals surface area contributed by atoms with Crippen molar-refractivity contribution in [1.29, 1.82) is 0 Å². The molecule has 8 heteroatoms. The van der Waals surface area contributed by atoms with Crippen molar-refractivity contribution in [1.82, 2.24) is 0 Å². The second-order valence-electron chi connectivity index (χ2n) is 5.19. The standard InChI is InChI=1S/C17H15NO7/c1-3-25-17(22)11-8-12(19)16(21)14(18(23)24)13(11)15(20)10-6-4-9(2)5-7-10/h4-8,19,21H,3H2,1-2H3. The molecule has 0 saturated carbocycles. The van der Waals surface area contributed by atoms with Crippen LogP contribution in [0.15, 0.2) is 30.3 Å². The zero-order valence-corrected chi connectivity index (χ0v) is 13.5. The summed E-state index contributed by atoms with van der Waals surface area (Å²) >= 11 is 0. The lowest BCUT2D eigenvalue weighted by atomic mass is 9.95. The van der Waals surface area contributed by atoms with Gasteiger partial charge >= 0.3 is 11.7 Å². The van der Waals surface area contributed by atoms with Crippen LogP contribution in [-0.2, 0) is 4.74 Å². The molecule has 8 nitrogen and oxygen atoms in total. The minimum Gasteiger partial charge on any atom is -0.504 e. The third-order valence-corrected chi connectivity index (χ3v) is 3.47. The number of carbonyl (C=O) groups is 2. The summed E-state index contributed by atoms with van der Waals surface area (Å²) in [5.41, 5.74) is -1.22. The number of hydrogen-bond acceptors (Lipinski definition) is 7. The molecule has 130 valence electrons. The molecule has 0 spiro atoms. The fourth-order valence-corrected chi connectivity index (χ4v) is 2.27. The number of phenols is 2. The van der Waals surface area contributed by atoms with Crippen LogP contribution in [0.4, 0.5) is 5.69 Å². The average molecular weight is 345 g/mol. The molecule has 0 fully saturated rings. The van der Waals surface area contributed by atoms with Crippen molar-refractivity contribution < 1.29 is 29.5 Å². The first-order valence-electron chi connectivity index (χ1n) is 7.29. The van der Waals surface area contributed by atoms with Crippen LogP contribution >= 0.6 is 0 Å². The highest BCUT2D eigenvalue weighted by Crippen LogP contribution is 2.41. The molecule has 0 saturated heterocycles. The number of hydrogen-bond donors (Lipinski definition) is 2. The van der Waals surface area contributed by atoms with Crippen molar-refractivity contribution in [3.63, 3.8) is 0 Å². The summed E-state index contributed by atoms with van der Waals surface area (Å²) in [6.07, 6.45) is 0. The number of ketones is 1. The maximum atomic E-state index is 12.8. The highest BCUT2D eigenvalue weighted by Gasteiger charge is 2.34. The second-order valence-corrected chi connectivity index (χ2v) is 5.19. The van der Waals surface area contributed by atoms with E-state index in [1.807, 2.05) is 0 Å². The molecule has 0 heterocycles. The topological polar surface area (TPSA) is 127 Å². The number of nitro benzene ring substituents is 1. The molecule has 0 aliphatic carbocycles. The van der Waals surface area contributed by atoms with Gasteiger partial charge in [0.15, 0.2) is 5.75 Å². The Labute approximate surface area is 142 Å². The number of rotatable bonds is 5. The number of nitrogens with zero attached hydrogens (tertiary/aromatic N) is 1. The van der Waals surface area contributed by atoms with E-state index in [0.717, 1.165) is 11.6 Å². The molecule has 0 atom stereocenters. The Kier molecular flexibility index (Phi) is 5.02. The Hall–Kier alpha value is -3.42. The van der Waals surface area contributed by atoms with Gasteiger partial charge in [-0.1, -0.05) is 29.8 Å². The molecule has 2 aromatic carbocycles. The van der Waals surface area contributed by atoms with Crippen LogP contribution < -0.4 is 0 Å². The van der Waals surface area contributed by atoms with Gasteiger partial charge in [-0.2, -0.15) is 0 Å². The first-order valence-corrected chi connectivity index (χ1v) is 7.29. The summed E-state index contributed by atoms with van der Waals surface area (Å²) in [7, 11) is 0. The van der Waals surface area contributed by atoms with E-state index in [9.17, 15) is 29.9 Å². The van der Waals surface area contributed by atoms with Crippen LogP contribution in [-0.4, -0.2) is 33.5 Å². The molecule has 0 aliphatic heterocycles. The maximum absolute atomic E-state index is 12.8. The quantitative estimate of drug-likeness (QED) is 0.280. The normalized spacial score (nSPS) is 10.3. The number of benzene rings is 2. The highest BCUT2D eigenvalue weighted by molar-refractivity contribution is 6.17. The van der Waals surface area contributed by atoms with Gasteiger partial charge in [0.1, 0.15) is 5.56 Å². The van der Waals surface area contributed by atoms with Crippen molar-refractivity contribution in [2.75, 3.05) is 6.61 Å². The van der Waals surface area contributed by atoms with E-state index >= 15 is 0 Å². The van der Waals surface area contributed by atoms with Gasteiger partial charge in [-0.15, -0.1) is 0 Å². The summed E-state index contributed by atoms with van der Waals surface area (Å²) < 4.78 is 4.80. The Bertz CT molecular complexity index is 856. The SMILES string of the molecule is CCOC(=O)c1cc(O)c(O)c([N+](=O)[O-])c1C(=O)c1ccc(C)cc1. The molecular formula is C17H15NO7. The average Bonchev–Trinajstić information content (AvgIpc) is 2.56. The van der Waals surface area contributed by atoms with Crippen molar-refractivity contribution in [3.8, 4) is 11.5 Å². The highest BCUT2D eigenvalue weighted by atomic mass is 16.6. The monoisotopic (exact) mass is 345 g/mol. The van der Waals surface area contributed by atoms with Gasteiger partial charge in [-0.3, -0.25) is 14.9 Å². The summed E-state index contributed by atoms with van der Waals surface area (Å²) in [4.78, 5) is 35.2. The summed E-state index contributed by atoms with van der Waals surface area (Å²) in [5, 5.41) is 30.9. The van der Waals surface area contributed by atoms with Crippen LogP contribution in [0.3, 0.4) is 0 Å². The van der Waals surface area contributed by atoms with Crippen molar-refractivity contribution in [3.05, 3.63) is 62.7 Å². The number of carbonyl (C=O) groups excluding carboxylic acids is 2. The molecule has 2 N–H and O–H groups in total. The Morgan fingerprint density at radius 1 is 1.20 bits per heavy atom. The number of ether oxygens (including phenoxy) is 1. The van der Waals surface area contributed by atoms with Crippen LogP contribution in [0, 0.1) is 17.0 Å². The molecule has 0 aliphatic rings. The predicted molar refractivity (Wildman–Crippen MR) is 87.0 cm³/mol. The third kappa shape index (κ3) is 3.42. The van der Waals surface area contributed by atoms with Crippen LogP contribution in [0.25, 0.3) is 0 Å². The molecule has 0 radical (unpaired) electrons.